The van der Waals surface area contributed by atoms with Crippen molar-refractivity contribution in [3.8, 4) is 0 Å². The molecule has 0 aromatic carbocycles. The molecule has 0 saturated heterocycles. The molecule has 0 spiro atoms. The SMILES string of the molecule is CCN(C)CCSCCC(=O)O. The first-order valence-electron chi connectivity index (χ1n) is 4.15. The quantitative estimate of drug-likeness (QED) is 0.613. The normalized spacial score (nSPS) is 10.6. The van der Waals surface area contributed by atoms with E-state index in [0.717, 1.165) is 24.6 Å². The number of hydrogen-bond acceptors (Lipinski definition) is 3. The van der Waals surface area contributed by atoms with Crippen molar-refractivity contribution in [2.75, 3.05) is 31.6 Å². The van der Waals surface area contributed by atoms with Crippen LogP contribution in [0.25, 0.3) is 0 Å². The van der Waals surface area contributed by atoms with Crippen LogP contribution >= 0.6 is 11.8 Å². The van der Waals surface area contributed by atoms with Gasteiger partial charge in [0, 0.05) is 18.1 Å². The van der Waals surface area contributed by atoms with E-state index >= 15 is 0 Å². The minimum atomic E-state index is -0.702. The molecule has 0 fully saturated rings. The number of carbonyl (C=O) groups is 1. The Morgan fingerprint density at radius 2 is 2.17 bits per heavy atom. The average molecular weight is 191 g/mol. The van der Waals surface area contributed by atoms with Gasteiger partial charge in [0.05, 0.1) is 6.42 Å². The van der Waals surface area contributed by atoms with Gasteiger partial charge < -0.3 is 10.0 Å². The fraction of sp³-hybridized carbons (Fsp3) is 0.875. The second-order valence-electron chi connectivity index (χ2n) is 2.65. The number of carboxylic acid groups (broad SMARTS) is 1. The van der Waals surface area contributed by atoms with Gasteiger partial charge in [0.2, 0.25) is 0 Å². The molecule has 0 aromatic heterocycles. The van der Waals surface area contributed by atoms with Gasteiger partial charge in [-0.05, 0) is 13.6 Å². The van der Waals surface area contributed by atoms with E-state index in [2.05, 4.69) is 18.9 Å². The Morgan fingerprint density at radius 1 is 1.50 bits per heavy atom. The van der Waals surface area contributed by atoms with E-state index in [9.17, 15) is 4.79 Å². The second-order valence-corrected chi connectivity index (χ2v) is 3.88. The van der Waals surface area contributed by atoms with Crippen molar-refractivity contribution < 1.29 is 9.90 Å². The van der Waals surface area contributed by atoms with E-state index < -0.39 is 5.97 Å². The van der Waals surface area contributed by atoms with Crippen molar-refractivity contribution >= 4 is 17.7 Å². The second kappa shape index (κ2) is 7.43. The summed E-state index contributed by atoms with van der Waals surface area (Å²) in [6.45, 7) is 4.21. The fourth-order valence-corrected chi connectivity index (χ4v) is 1.60. The zero-order valence-electron chi connectivity index (χ0n) is 7.75. The molecule has 0 aliphatic heterocycles. The lowest BCUT2D eigenvalue weighted by molar-refractivity contribution is -0.136. The average Bonchev–Trinajstić information content (AvgIpc) is 2.03. The van der Waals surface area contributed by atoms with Crippen molar-refractivity contribution in [2.24, 2.45) is 0 Å². The molecule has 72 valence electrons. The van der Waals surface area contributed by atoms with Gasteiger partial charge in [0.1, 0.15) is 0 Å². The predicted molar refractivity (Wildman–Crippen MR) is 52.7 cm³/mol. The number of nitrogens with zero attached hydrogens (tertiary/aromatic N) is 1. The lowest BCUT2D eigenvalue weighted by atomic mass is 10.5. The lowest BCUT2D eigenvalue weighted by Gasteiger charge is -2.12. The van der Waals surface area contributed by atoms with Gasteiger partial charge in [0.25, 0.3) is 0 Å². The molecule has 1 N–H and O–H groups in total. The minimum Gasteiger partial charge on any atom is -0.481 e. The van der Waals surface area contributed by atoms with Gasteiger partial charge in [-0.2, -0.15) is 11.8 Å². The molecule has 0 rings (SSSR count). The van der Waals surface area contributed by atoms with Crippen molar-refractivity contribution in [3.05, 3.63) is 0 Å². The van der Waals surface area contributed by atoms with Gasteiger partial charge in [0.15, 0.2) is 0 Å². The van der Waals surface area contributed by atoms with Crippen LogP contribution in [0.2, 0.25) is 0 Å². The van der Waals surface area contributed by atoms with E-state index in [1.807, 2.05) is 0 Å². The molecule has 0 unspecified atom stereocenters. The van der Waals surface area contributed by atoms with Crippen LogP contribution in [0.5, 0.6) is 0 Å². The highest BCUT2D eigenvalue weighted by Crippen LogP contribution is 2.02. The Balaban J connectivity index is 3.05. The van der Waals surface area contributed by atoms with E-state index in [4.69, 9.17) is 5.11 Å². The van der Waals surface area contributed by atoms with Crippen LogP contribution in [0.4, 0.5) is 0 Å². The molecule has 0 radical (unpaired) electrons. The van der Waals surface area contributed by atoms with Crippen molar-refractivity contribution in [3.63, 3.8) is 0 Å². The Labute approximate surface area is 78.1 Å². The Morgan fingerprint density at radius 3 is 2.67 bits per heavy atom. The van der Waals surface area contributed by atoms with E-state index in [1.165, 1.54) is 0 Å². The molecule has 12 heavy (non-hydrogen) atoms. The first-order valence-corrected chi connectivity index (χ1v) is 5.30. The third kappa shape index (κ3) is 7.88. The molecule has 0 heterocycles. The summed E-state index contributed by atoms with van der Waals surface area (Å²) in [5, 5.41) is 8.34. The van der Waals surface area contributed by atoms with Crippen LogP contribution in [-0.2, 0) is 4.79 Å². The molecular weight excluding hydrogens is 174 g/mol. The molecule has 0 saturated carbocycles. The van der Waals surface area contributed by atoms with Gasteiger partial charge in [-0.3, -0.25) is 4.79 Å². The van der Waals surface area contributed by atoms with Gasteiger partial charge in [-0.15, -0.1) is 0 Å². The molecule has 0 amide bonds. The summed E-state index contributed by atoms with van der Waals surface area (Å²) in [4.78, 5) is 12.3. The van der Waals surface area contributed by atoms with Gasteiger partial charge in [-0.25, -0.2) is 0 Å². The fourth-order valence-electron chi connectivity index (χ4n) is 0.640. The van der Waals surface area contributed by atoms with Crippen LogP contribution in [0.3, 0.4) is 0 Å². The summed E-state index contributed by atoms with van der Waals surface area (Å²) in [7, 11) is 2.07. The van der Waals surface area contributed by atoms with Crippen LogP contribution in [-0.4, -0.2) is 47.6 Å². The maximum Gasteiger partial charge on any atom is 0.304 e. The highest BCUT2D eigenvalue weighted by molar-refractivity contribution is 7.99. The first kappa shape index (κ1) is 11.8. The van der Waals surface area contributed by atoms with Crippen LogP contribution in [0, 0.1) is 0 Å². The highest BCUT2D eigenvalue weighted by Gasteiger charge is 1.97. The third-order valence-corrected chi connectivity index (χ3v) is 2.58. The topological polar surface area (TPSA) is 40.5 Å². The smallest absolute Gasteiger partial charge is 0.304 e. The van der Waals surface area contributed by atoms with Crippen LogP contribution in [0.15, 0.2) is 0 Å². The summed E-state index contributed by atoms with van der Waals surface area (Å²) in [6.07, 6.45) is 0.278. The maximum absolute atomic E-state index is 10.1. The summed E-state index contributed by atoms with van der Waals surface area (Å²) >= 11 is 1.70. The van der Waals surface area contributed by atoms with E-state index in [0.29, 0.717) is 0 Å². The molecule has 0 atom stereocenters. The van der Waals surface area contributed by atoms with Crippen molar-refractivity contribution in [1.29, 1.82) is 0 Å². The number of rotatable bonds is 7. The zero-order valence-corrected chi connectivity index (χ0v) is 8.56. The summed E-state index contributed by atoms with van der Waals surface area (Å²) in [6, 6.07) is 0. The predicted octanol–water partition coefficient (Wildman–Crippen LogP) is 1.15. The number of carboxylic acids is 1. The Bertz CT molecular complexity index is 130. The van der Waals surface area contributed by atoms with Crippen LogP contribution < -0.4 is 0 Å². The molecule has 0 aliphatic rings. The van der Waals surface area contributed by atoms with Crippen molar-refractivity contribution in [2.45, 2.75) is 13.3 Å². The summed E-state index contributed by atoms with van der Waals surface area (Å²) < 4.78 is 0. The first-order chi connectivity index (χ1) is 5.66. The van der Waals surface area contributed by atoms with Gasteiger partial charge >= 0.3 is 5.97 Å². The number of thioether (sulfide) groups is 1. The Hall–Kier alpha value is -0.220. The molecule has 0 aromatic rings. The molecule has 0 bridgehead atoms. The Kier molecular flexibility index (Phi) is 7.29. The van der Waals surface area contributed by atoms with E-state index in [-0.39, 0.29) is 6.42 Å². The maximum atomic E-state index is 10.1. The standard InChI is InChI=1S/C8H17NO2S/c1-3-9(2)5-7-12-6-4-8(10)11/h3-7H2,1-2H3,(H,10,11). The monoisotopic (exact) mass is 191 g/mol. The summed E-state index contributed by atoms with van der Waals surface area (Å²) in [5.74, 6) is 1.05. The molecular formula is C8H17NO2S. The number of hydrogen-bond donors (Lipinski definition) is 1. The lowest BCUT2D eigenvalue weighted by Crippen LogP contribution is -2.20. The zero-order chi connectivity index (χ0) is 9.40. The molecule has 0 aliphatic carbocycles. The van der Waals surface area contributed by atoms with E-state index in [1.54, 1.807) is 11.8 Å². The number of aliphatic carboxylic acids is 1. The van der Waals surface area contributed by atoms with Crippen LogP contribution in [0.1, 0.15) is 13.3 Å². The molecule has 3 nitrogen and oxygen atoms in total. The third-order valence-electron chi connectivity index (χ3n) is 1.62. The minimum absolute atomic E-state index is 0.278. The molecule has 4 heteroatoms. The summed E-state index contributed by atoms with van der Waals surface area (Å²) in [5.41, 5.74) is 0. The highest BCUT2D eigenvalue weighted by atomic mass is 32.2. The van der Waals surface area contributed by atoms with Gasteiger partial charge in [-0.1, -0.05) is 6.92 Å². The van der Waals surface area contributed by atoms with Crippen molar-refractivity contribution in [1.82, 2.24) is 4.90 Å². The largest absolute Gasteiger partial charge is 0.481 e.